The molecular formula is C22H21ClN4O3S. The molecule has 4 rings (SSSR count). The van der Waals surface area contributed by atoms with Crippen molar-refractivity contribution in [1.82, 2.24) is 14.5 Å². The Morgan fingerprint density at radius 2 is 1.90 bits per heavy atom. The lowest BCUT2D eigenvalue weighted by atomic mass is 10.2. The number of halogens is 1. The molecule has 160 valence electrons. The summed E-state index contributed by atoms with van der Waals surface area (Å²) >= 11 is 11.3. The molecule has 0 unspecified atom stereocenters. The van der Waals surface area contributed by atoms with Crippen LogP contribution in [0.25, 0.3) is 21.9 Å². The van der Waals surface area contributed by atoms with E-state index >= 15 is 0 Å². The van der Waals surface area contributed by atoms with Crippen LogP contribution in [0.3, 0.4) is 0 Å². The van der Waals surface area contributed by atoms with Crippen molar-refractivity contribution in [2.45, 2.75) is 25.8 Å². The van der Waals surface area contributed by atoms with Crippen molar-refractivity contribution in [3.63, 3.8) is 0 Å². The third-order valence-electron chi connectivity index (χ3n) is 5.11. The number of fused-ring (bicyclic) bond motifs is 3. The molecule has 7 nitrogen and oxygen atoms in total. The first-order valence-corrected chi connectivity index (χ1v) is 10.6. The van der Waals surface area contributed by atoms with E-state index in [-0.39, 0.29) is 11.5 Å². The Hall–Kier alpha value is -3.10. The zero-order chi connectivity index (χ0) is 22.0. The fraction of sp³-hybridized carbons (Fsp3) is 0.227. The largest absolute Gasteiger partial charge is 0.497 e. The fourth-order valence-corrected chi connectivity index (χ4v) is 3.91. The van der Waals surface area contributed by atoms with Gasteiger partial charge in [0.1, 0.15) is 11.3 Å². The number of rotatable bonds is 7. The van der Waals surface area contributed by atoms with Crippen molar-refractivity contribution in [3.8, 4) is 5.75 Å². The second-order valence-electron chi connectivity index (χ2n) is 7.19. The van der Waals surface area contributed by atoms with Gasteiger partial charge in [0.2, 0.25) is 5.91 Å². The number of carbonyl (C=O) groups is 1. The predicted molar refractivity (Wildman–Crippen MR) is 126 cm³/mol. The molecule has 0 saturated heterocycles. The molecule has 0 atom stereocenters. The minimum Gasteiger partial charge on any atom is -0.497 e. The Morgan fingerprint density at radius 3 is 2.65 bits per heavy atom. The van der Waals surface area contributed by atoms with Crippen molar-refractivity contribution < 1.29 is 9.53 Å². The number of aromatic nitrogens is 3. The van der Waals surface area contributed by atoms with Crippen molar-refractivity contribution in [1.29, 1.82) is 0 Å². The number of hydrogen-bond acceptors (Lipinski definition) is 4. The average Bonchev–Trinajstić information content (AvgIpc) is 3.12. The average molecular weight is 457 g/mol. The van der Waals surface area contributed by atoms with Gasteiger partial charge in [-0.1, -0.05) is 11.6 Å². The molecule has 1 amide bonds. The van der Waals surface area contributed by atoms with Gasteiger partial charge in [-0.3, -0.25) is 14.2 Å². The first-order valence-electron chi connectivity index (χ1n) is 9.84. The molecule has 0 aliphatic rings. The van der Waals surface area contributed by atoms with Gasteiger partial charge in [0.15, 0.2) is 4.77 Å². The quantitative estimate of drug-likeness (QED) is 0.269. The van der Waals surface area contributed by atoms with Gasteiger partial charge in [-0.2, -0.15) is 0 Å². The van der Waals surface area contributed by atoms with Gasteiger partial charge in [0.25, 0.3) is 5.56 Å². The molecule has 0 bridgehead atoms. The van der Waals surface area contributed by atoms with E-state index in [2.05, 4.69) is 15.3 Å². The molecule has 0 saturated carbocycles. The summed E-state index contributed by atoms with van der Waals surface area (Å²) in [6.07, 6.45) is 1.62. The maximum Gasteiger partial charge on any atom is 0.278 e. The Balaban J connectivity index is 1.44. The van der Waals surface area contributed by atoms with Gasteiger partial charge in [0.05, 0.1) is 12.6 Å². The summed E-state index contributed by atoms with van der Waals surface area (Å²) in [4.78, 5) is 31.4. The van der Waals surface area contributed by atoms with E-state index in [9.17, 15) is 9.59 Å². The molecule has 0 spiro atoms. The second-order valence-corrected chi connectivity index (χ2v) is 8.01. The fourth-order valence-electron chi connectivity index (χ4n) is 3.51. The predicted octanol–water partition coefficient (Wildman–Crippen LogP) is 5.01. The van der Waals surface area contributed by atoms with Crippen LogP contribution in [0.15, 0.2) is 47.3 Å². The summed E-state index contributed by atoms with van der Waals surface area (Å²) in [5.74, 6) is 0.619. The van der Waals surface area contributed by atoms with Gasteiger partial charge in [0, 0.05) is 34.6 Å². The number of nitrogens with zero attached hydrogens (tertiary/aromatic N) is 1. The topological polar surface area (TPSA) is 91.9 Å². The van der Waals surface area contributed by atoms with Crippen LogP contribution in [0.1, 0.15) is 19.3 Å². The van der Waals surface area contributed by atoms with E-state index in [1.54, 1.807) is 31.4 Å². The van der Waals surface area contributed by atoms with Crippen LogP contribution in [0.2, 0.25) is 5.02 Å². The van der Waals surface area contributed by atoms with E-state index in [1.165, 1.54) is 4.57 Å². The van der Waals surface area contributed by atoms with E-state index in [0.717, 1.165) is 10.9 Å². The lowest BCUT2D eigenvalue weighted by Gasteiger charge is -2.07. The van der Waals surface area contributed by atoms with Gasteiger partial charge < -0.3 is 20.0 Å². The number of unbranched alkanes of at least 4 members (excludes halogenated alkanes) is 1. The lowest BCUT2D eigenvalue weighted by molar-refractivity contribution is -0.116. The summed E-state index contributed by atoms with van der Waals surface area (Å²) in [5, 5.41) is 4.30. The molecule has 0 radical (unpaired) electrons. The zero-order valence-corrected chi connectivity index (χ0v) is 18.4. The molecular weight excluding hydrogens is 436 g/mol. The summed E-state index contributed by atoms with van der Waals surface area (Å²) in [6.45, 7) is 0.428. The minimum absolute atomic E-state index is 0.0835. The molecule has 2 heterocycles. The maximum absolute atomic E-state index is 13.0. The highest BCUT2D eigenvalue weighted by Gasteiger charge is 2.12. The number of benzene rings is 2. The molecule has 3 N–H and O–H groups in total. The van der Waals surface area contributed by atoms with E-state index in [0.29, 0.717) is 58.1 Å². The van der Waals surface area contributed by atoms with Crippen molar-refractivity contribution in [2.75, 3.05) is 12.4 Å². The smallest absolute Gasteiger partial charge is 0.278 e. The summed E-state index contributed by atoms with van der Waals surface area (Å²) < 4.78 is 7.16. The van der Waals surface area contributed by atoms with E-state index in [1.807, 2.05) is 18.2 Å². The van der Waals surface area contributed by atoms with Crippen LogP contribution < -0.4 is 15.6 Å². The molecule has 0 aliphatic carbocycles. The van der Waals surface area contributed by atoms with Gasteiger partial charge in [-0.05, 0) is 67.5 Å². The van der Waals surface area contributed by atoms with E-state index in [4.69, 9.17) is 28.6 Å². The number of ether oxygens (including phenoxy) is 1. The second kappa shape index (κ2) is 8.95. The third kappa shape index (κ3) is 4.50. The number of hydrogen-bond donors (Lipinski definition) is 3. The van der Waals surface area contributed by atoms with Crippen LogP contribution in [-0.2, 0) is 11.3 Å². The highest BCUT2D eigenvalue weighted by Crippen LogP contribution is 2.26. The maximum atomic E-state index is 13.0. The van der Waals surface area contributed by atoms with Crippen LogP contribution >= 0.6 is 23.8 Å². The third-order valence-corrected chi connectivity index (χ3v) is 5.68. The van der Waals surface area contributed by atoms with Gasteiger partial charge >= 0.3 is 0 Å². The molecule has 2 aromatic carbocycles. The number of H-pyrrole nitrogens is 2. The number of methoxy groups -OCH3 is 1. The molecule has 31 heavy (non-hydrogen) atoms. The molecule has 0 aliphatic heterocycles. The van der Waals surface area contributed by atoms with Crippen molar-refractivity contribution in [2.24, 2.45) is 0 Å². The SMILES string of the molecule is COc1ccc2[nH]c3c(=O)n(CCCCC(=O)Nc4ccc(Cl)cc4)c(=S)[nH]c3c2c1. The van der Waals surface area contributed by atoms with Crippen LogP contribution in [0, 0.1) is 4.77 Å². The Bertz CT molecular complexity index is 1370. The molecule has 9 heteroatoms. The lowest BCUT2D eigenvalue weighted by Crippen LogP contribution is -2.22. The Labute approximate surface area is 188 Å². The first kappa shape index (κ1) is 21.1. The van der Waals surface area contributed by atoms with Gasteiger partial charge in [-0.25, -0.2) is 0 Å². The van der Waals surface area contributed by atoms with Gasteiger partial charge in [-0.15, -0.1) is 0 Å². The zero-order valence-electron chi connectivity index (χ0n) is 16.8. The standard InChI is InChI=1S/C22H21ClN4O3S/c1-30-15-9-10-17-16(12-15)19-20(25-17)21(29)27(22(31)26-19)11-3-2-4-18(28)24-14-7-5-13(23)6-8-14/h5-10,12,25H,2-4,11H2,1H3,(H,24,28)(H,26,31). The first-order chi connectivity index (χ1) is 15.0. The number of amides is 1. The molecule has 2 aromatic heterocycles. The van der Waals surface area contributed by atoms with Crippen molar-refractivity contribution >= 4 is 57.3 Å². The molecule has 4 aromatic rings. The highest BCUT2D eigenvalue weighted by atomic mass is 35.5. The van der Waals surface area contributed by atoms with Crippen LogP contribution in [-0.4, -0.2) is 27.6 Å². The van der Waals surface area contributed by atoms with E-state index < -0.39 is 0 Å². The van der Waals surface area contributed by atoms with Crippen LogP contribution in [0.4, 0.5) is 5.69 Å². The number of anilines is 1. The highest BCUT2D eigenvalue weighted by molar-refractivity contribution is 7.71. The number of carbonyl (C=O) groups excluding carboxylic acids is 1. The Morgan fingerprint density at radius 1 is 1.13 bits per heavy atom. The summed E-state index contributed by atoms with van der Waals surface area (Å²) in [5.41, 5.74) is 2.49. The van der Waals surface area contributed by atoms with Crippen LogP contribution in [0.5, 0.6) is 5.75 Å². The molecule has 0 fully saturated rings. The van der Waals surface area contributed by atoms with Crippen molar-refractivity contribution in [3.05, 3.63) is 62.6 Å². The summed E-state index contributed by atoms with van der Waals surface area (Å²) in [7, 11) is 1.60. The minimum atomic E-state index is -0.181. The normalized spacial score (nSPS) is 11.2. The number of nitrogens with one attached hydrogen (secondary N) is 3. The summed E-state index contributed by atoms with van der Waals surface area (Å²) in [6, 6.07) is 12.5. The number of aromatic amines is 2. The monoisotopic (exact) mass is 456 g/mol. The Kier molecular flexibility index (Phi) is 6.11.